The lowest BCUT2D eigenvalue weighted by Gasteiger charge is -2.33. The van der Waals surface area contributed by atoms with Gasteiger partial charge in [0, 0.05) is 40.7 Å². The van der Waals surface area contributed by atoms with Crippen molar-refractivity contribution < 1.29 is 22.1 Å². The molecule has 0 rings (SSSR count). The molecule has 0 heterocycles. The summed E-state index contributed by atoms with van der Waals surface area (Å²) in [6, 6.07) is 1.01. The van der Waals surface area contributed by atoms with E-state index in [0.717, 1.165) is 54.2 Å². The van der Waals surface area contributed by atoms with Crippen LogP contribution in [0.15, 0.2) is 0 Å². The van der Waals surface area contributed by atoms with E-state index in [-0.39, 0.29) is 0 Å². The largest absolute Gasteiger partial charge is 0.500 e. The van der Waals surface area contributed by atoms with Gasteiger partial charge in [-0.3, -0.25) is 0 Å². The Bertz CT molecular complexity index is 379. The third-order valence-corrected chi connectivity index (χ3v) is 13.3. The lowest BCUT2D eigenvalue weighted by molar-refractivity contribution is 0.118. The molecule has 10 heteroatoms. The predicted octanol–water partition coefficient (Wildman–Crippen LogP) is 2.86. The SMILES string of the molecule is CCN(CC)CCCCCC([Si]CN(C)CCC[Si](OC)OC)[Si](OC)(OC)OC. The van der Waals surface area contributed by atoms with Gasteiger partial charge in [0.15, 0.2) is 0 Å². The summed E-state index contributed by atoms with van der Waals surface area (Å²) in [5.74, 6) is 0. The minimum atomic E-state index is -2.63. The highest BCUT2D eigenvalue weighted by atomic mass is 28.4. The molecule has 0 bridgehead atoms. The summed E-state index contributed by atoms with van der Waals surface area (Å²) in [5, 5.41) is 0.353. The van der Waals surface area contributed by atoms with Crippen molar-refractivity contribution in [2.45, 2.75) is 57.2 Å². The first kappa shape index (κ1) is 30.4. The second kappa shape index (κ2) is 18.9. The molecule has 0 N–H and O–H groups in total. The van der Waals surface area contributed by atoms with Gasteiger partial charge in [-0.25, -0.2) is 0 Å². The maximum atomic E-state index is 5.85. The summed E-state index contributed by atoms with van der Waals surface area (Å²) in [7, 11) is 7.89. The summed E-state index contributed by atoms with van der Waals surface area (Å²) >= 11 is 0. The molecule has 0 saturated heterocycles. The first-order chi connectivity index (χ1) is 14.5. The van der Waals surface area contributed by atoms with E-state index >= 15 is 0 Å². The maximum absolute atomic E-state index is 5.85. The Balaban J connectivity index is 4.57. The summed E-state index contributed by atoms with van der Waals surface area (Å²) in [4.78, 5) is 4.89. The molecule has 0 fully saturated rings. The van der Waals surface area contributed by atoms with Gasteiger partial charge in [0.2, 0.25) is 0 Å². The van der Waals surface area contributed by atoms with Gasteiger partial charge in [-0.1, -0.05) is 26.7 Å². The second-order valence-corrected chi connectivity index (χ2v) is 14.7. The maximum Gasteiger partial charge on any atom is 0.500 e. The summed E-state index contributed by atoms with van der Waals surface area (Å²) in [5.41, 5.74) is 0. The molecule has 0 spiro atoms. The summed E-state index contributed by atoms with van der Waals surface area (Å²) in [6.07, 6.45) is 6.93. The molecule has 179 valence electrons. The fourth-order valence-corrected chi connectivity index (χ4v) is 9.97. The molecule has 0 amide bonds. The smallest absolute Gasteiger partial charge is 0.397 e. The number of nitrogens with zero attached hydrogens (tertiary/aromatic N) is 2. The molecule has 30 heavy (non-hydrogen) atoms. The van der Waals surface area contributed by atoms with Crippen LogP contribution in [0, 0.1) is 0 Å². The number of rotatable bonds is 21. The van der Waals surface area contributed by atoms with Crippen molar-refractivity contribution in [3.63, 3.8) is 0 Å². The quantitative estimate of drug-likeness (QED) is 0.185. The molecule has 0 aromatic rings. The number of unbranched alkanes of at least 4 members (excludes halogenated alkanes) is 2. The van der Waals surface area contributed by atoms with E-state index in [1.54, 1.807) is 35.5 Å². The normalized spacial score (nSPS) is 13.7. The highest BCUT2D eigenvalue weighted by Crippen LogP contribution is 2.29. The molecular weight excluding hydrogens is 432 g/mol. The average Bonchev–Trinajstić information content (AvgIpc) is 2.78. The molecule has 0 aliphatic heterocycles. The van der Waals surface area contributed by atoms with Crippen LogP contribution in [-0.4, -0.2) is 112 Å². The highest BCUT2D eigenvalue weighted by Gasteiger charge is 2.46. The van der Waals surface area contributed by atoms with Crippen molar-refractivity contribution in [2.75, 3.05) is 74.9 Å². The fraction of sp³-hybridized carbons (Fsp3) is 1.00. The average molecular weight is 480 g/mol. The number of hydrogen-bond donors (Lipinski definition) is 0. The molecule has 3 radical (unpaired) electrons. The van der Waals surface area contributed by atoms with E-state index in [4.69, 9.17) is 22.1 Å². The molecule has 0 saturated carbocycles. The van der Waals surface area contributed by atoms with Crippen LogP contribution in [0.3, 0.4) is 0 Å². The lowest BCUT2D eigenvalue weighted by Crippen LogP contribution is -2.51. The zero-order valence-corrected chi connectivity index (χ0v) is 23.8. The van der Waals surface area contributed by atoms with Crippen LogP contribution in [0.1, 0.15) is 46.0 Å². The van der Waals surface area contributed by atoms with Crippen LogP contribution >= 0.6 is 0 Å². The molecule has 1 atom stereocenters. The van der Waals surface area contributed by atoms with Crippen molar-refractivity contribution in [3.05, 3.63) is 0 Å². The Morgan fingerprint density at radius 3 is 1.93 bits per heavy atom. The van der Waals surface area contributed by atoms with Crippen molar-refractivity contribution >= 4 is 27.6 Å². The Morgan fingerprint density at radius 2 is 1.43 bits per heavy atom. The zero-order valence-electron chi connectivity index (χ0n) is 20.8. The third kappa shape index (κ3) is 11.8. The summed E-state index contributed by atoms with van der Waals surface area (Å²) in [6.45, 7) is 8.98. The number of hydrogen-bond acceptors (Lipinski definition) is 7. The lowest BCUT2D eigenvalue weighted by atomic mass is 10.2. The van der Waals surface area contributed by atoms with Crippen LogP contribution in [0.4, 0.5) is 0 Å². The first-order valence-corrected chi connectivity index (χ1v) is 15.8. The van der Waals surface area contributed by atoms with Crippen LogP contribution in [0.25, 0.3) is 0 Å². The van der Waals surface area contributed by atoms with Crippen LogP contribution in [0.2, 0.25) is 11.2 Å². The van der Waals surface area contributed by atoms with Crippen molar-refractivity contribution in [3.8, 4) is 0 Å². The Morgan fingerprint density at radius 1 is 0.833 bits per heavy atom. The monoisotopic (exact) mass is 479 g/mol. The Kier molecular flexibility index (Phi) is 19.1. The Labute approximate surface area is 191 Å². The van der Waals surface area contributed by atoms with E-state index in [2.05, 4.69) is 30.7 Å². The van der Waals surface area contributed by atoms with Gasteiger partial charge in [0.05, 0.1) is 9.52 Å². The van der Waals surface area contributed by atoms with Crippen molar-refractivity contribution in [1.29, 1.82) is 0 Å². The zero-order chi connectivity index (χ0) is 22.8. The summed E-state index contributed by atoms with van der Waals surface area (Å²) < 4.78 is 28.3. The Hall–Kier alpha value is 0.371. The van der Waals surface area contributed by atoms with E-state index in [0.29, 0.717) is 5.16 Å². The van der Waals surface area contributed by atoms with E-state index in [1.165, 1.54) is 25.8 Å². The molecule has 0 aliphatic carbocycles. The highest BCUT2D eigenvalue weighted by molar-refractivity contribution is 6.73. The van der Waals surface area contributed by atoms with Crippen molar-refractivity contribution in [2.24, 2.45) is 0 Å². The first-order valence-electron chi connectivity index (χ1n) is 11.2. The second-order valence-electron chi connectivity index (χ2n) is 7.47. The van der Waals surface area contributed by atoms with Gasteiger partial charge in [0.25, 0.3) is 0 Å². The van der Waals surface area contributed by atoms with Gasteiger partial charge < -0.3 is 31.9 Å². The predicted molar refractivity (Wildman–Crippen MR) is 129 cm³/mol. The van der Waals surface area contributed by atoms with Crippen LogP contribution < -0.4 is 0 Å². The van der Waals surface area contributed by atoms with E-state index in [9.17, 15) is 0 Å². The van der Waals surface area contributed by atoms with Gasteiger partial charge in [0.1, 0.15) is 0 Å². The van der Waals surface area contributed by atoms with E-state index in [1.807, 2.05) is 0 Å². The van der Waals surface area contributed by atoms with Gasteiger partial charge >= 0.3 is 18.1 Å². The van der Waals surface area contributed by atoms with E-state index < -0.39 is 18.1 Å². The van der Waals surface area contributed by atoms with Gasteiger partial charge in [-0.15, -0.1) is 0 Å². The topological polar surface area (TPSA) is 52.6 Å². The molecule has 0 aromatic heterocycles. The fourth-order valence-electron chi connectivity index (χ4n) is 3.61. The van der Waals surface area contributed by atoms with Gasteiger partial charge in [-0.2, -0.15) is 0 Å². The van der Waals surface area contributed by atoms with Crippen LogP contribution in [0.5, 0.6) is 0 Å². The molecule has 0 aliphatic rings. The minimum Gasteiger partial charge on any atom is -0.397 e. The standard InChI is InChI=1S/C20H47N2O5Si3/c1-9-22(10-2)17-13-11-12-15-20(30(25-6,26-7)27-8)28-19-21(3)16-14-18-29(23-4)24-5/h20H,9-19H2,1-8H3. The van der Waals surface area contributed by atoms with Crippen LogP contribution in [-0.2, 0) is 22.1 Å². The molecule has 7 nitrogen and oxygen atoms in total. The van der Waals surface area contributed by atoms with Crippen molar-refractivity contribution in [1.82, 2.24) is 9.80 Å². The molecule has 0 aromatic carbocycles. The third-order valence-electron chi connectivity index (χ3n) is 5.63. The minimum absolute atomic E-state index is 0.353. The molecule has 1 unspecified atom stereocenters. The van der Waals surface area contributed by atoms with Gasteiger partial charge in [-0.05, 0) is 64.7 Å². The molecular formula is C20H47N2O5Si3.